The van der Waals surface area contributed by atoms with Crippen LogP contribution in [0.25, 0.3) is 0 Å². The molecule has 2 heterocycles. The average molecular weight is 254 g/mol. The van der Waals surface area contributed by atoms with Gasteiger partial charge >= 0.3 is 0 Å². The largest absolute Gasteiger partial charge is 0.374 e. The Morgan fingerprint density at radius 2 is 2.29 bits per heavy atom. The number of hydrogen-bond donors (Lipinski definition) is 0. The zero-order chi connectivity index (χ0) is 11.8. The standard InChI is InChI=1S/C12H16ClN3O/c1-8-7-11(15-12(13)14-8)16-5-6-17-10-4-2-3-9(10)16/h7,9-10H,2-6H2,1H3. The molecule has 2 unspecified atom stereocenters. The lowest BCUT2D eigenvalue weighted by Crippen LogP contribution is -2.49. The number of aromatic nitrogens is 2. The fourth-order valence-electron chi connectivity index (χ4n) is 2.87. The maximum atomic E-state index is 5.93. The third-order valence-electron chi connectivity index (χ3n) is 3.59. The van der Waals surface area contributed by atoms with E-state index < -0.39 is 0 Å². The Kier molecular flexibility index (Phi) is 2.92. The first-order valence-corrected chi connectivity index (χ1v) is 6.51. The SMILES string of the molecule is Cc1cc(N2CCOC3CCCC32)nc(Cl)n1. The van der Waals surface area contributed by atoms with Crippen molar-refractivity contribution in [2.24, 2.45) is 0 Å². The maximum absolute atomic E-state index is 5.93. The van der Waals surface area contributed by atoms with Crippen LogP contribution in [0.2, 0.25) is 5.28 Å². The Morgan fingerprint density at radius 3 is 3.12 bits per heavy atom. The van der Waals surface area contributed by atoms with E-state index in [9.17, 15) is 0 Å². The molecule has 4 nitrogen and oxygen atoms in total. The number of morpholine rings is 1. The zero-order valence-electron chi connectivity index (χ0n) is 9.90. The molecule has 3 rings (SSSR count). The summed E-state index contributed by atoms with van der Waals surface area (Å²) >= 11 is 5.93. The van der Waals surface area contributed by atoms with Gasteiger partial charge in [-0.25, -0.2) is 9.97 Å². The van der Waals surface area contributed by atoms with Gasteiger partial charge in [0, 0.05) is 18.3 Å². The lowest BCUT2D eigenvalue weighted by Gasteiger charge is -2.38. The Bertz CT molecular complexity index is 406. The molecule has 1 aliphatic carbocycles. The summed E-state index contributed by atoms with van der Waals surface area (Å²) in [6.07, 6.45) is 3.96. The topological polar surface area (TPSA) is 38.2 Å². The molecule has 2 aliphatic rings. The van der Waals surface area contributed by atoms with E-state index in [1.165, 1.54) is 19.3 Å². The molecule has 1 saturated carbocycles. The fraction of sp³-hybridized carbons (Fsp3) is 0.667. The molecule has 1 aromatic rings. The molecule has 1 aliphatic heterocycles. The second-order valence-corrected chi connectivity index (χ2v) is 5.08. The van der Waals surface area contributed by atoms with E-state index in [1.807, 2.05) is 13.0 Å². The Balaban J connectivity index is 1.91. The highest BCUT2D eigenvalue weighted by Gasteiger charge is 2.36. The Hall–Kier alpha value is -0.870. The lowest BCUT2D eigenvalue weighted by molar-refractivity contribution is 0.0253. The second kappa shape index (κ2) is 4.42. The average Bonchev–Trinajstić information content (AvgIpc) is 2.75. The summed E-state index contributed by atoms with van der Waals surface area (Å²) in [4.78, 5) is 10.8. The van der Waals surface area contributed by atoms with Crippen LogP contribution in [-0.2, 0) is 4.74 Å². The van der Waals surface area contributed by atoms with Crippen LogP contribution in [0.4, 0.5) is 5.82 Å². The number of hydrogen-bond acceptors (Lipinski definition) is 4. The van der Waals surface area contributed by atoms with Gasteiger partial charge in [-0.1, -0.05) is 0 Å². The molecular weight excluding hydrogens is 238 g/mol. The predicted octanol–water partition coefficient (Wildman–Crippen LogP) is 2.20. The first-order chi connectivity index (χ1) is 8.24. The van der Waals surface area contributed by atoms with Crippen molar-refractivity contribution in [1.82, 2.24) is 9.97 Å². The minimum absolute atomic E-state index is 0.334. The monoisotopic (exact) mass is 253 g/mol. The van der Waals surface area contributed by atoms with Crippen LogP contribution < -0.4 is 4.90 Å². The van der Waals surface area contributed by atoms with Gasteiger partial charge in [0.05, 0.1) is 18.8 Å². The number of ether oxygens (including phenoxy) is 1. The van der Waals surface area contributed by atoms with Crippen LogP contribution in [0.15, 0.2) is 6.07 Å². The van der Waals surface area contributed by atoms with Crippen molar-refractivity contribution in [2.75, 3.05) is 18.1 Å². The number of nitrogens with zero attached hydrogens (tertiary/aromatic N) is 3. The van der Waals surface area contributed by atoms with Crippen molar-refractivity contribution in [2.45, 2.75) is 38.3 Å². The van der Waals surface area contributed by atoms with Crippen molar-refractivity contribution in [3.63, 3.8) is 0 Å². The third-order valence-corrected chi connectivity index (χ3v) is 3.76. The van der Waals surface area contributed by atoms with Crippen molar-refractivity contribution in [3.05, 3.63) is 17.0 Å². The molecule has 1 saturated heterocycles. The van der Waals surface area contributed by atoms with Crippen molar-refractivity contribution >= 4 is 17.4 Å². The van der Waals surface area contributed by atoms with Gasteiger partial charge in [-0.2, -0.15) is 0 Å². The first-order valence-electron chi connectivity index (χ1n) is 6.13. The zero-order valence-corrected chi connectivity index (χ0v) is 10.7. The molecule has 17 heavy (non-hydrogen) atoms. The molecule has 92 valence electrons. The van der Waals surface area contributed by atoms with Crippen LogP contribution >= 0.6 is 11.6 Å². The van der Waals surface area contributed by atoms with Gasteiger partial charge in [-0.05, 0) is 37.8 Å². The van der Waals surface area contributed by atoms with E-state index in [-0.39, 0.29) is 0 Å². The smallest absolute Gasteiger partial charge is 0.224 e. The van der Waals surface area contributed by atoms with E-state index in [0.717, 1.165) is 24.7 Å². The summed E-state index contributed by atoms with van der Waals surface area (Å²) in [6, 6.07) is 2.47. The van der Waals surface area contributed by atoms with Crippen LogP contribution in [0.5, 0.6) is 0 Å². The van der Waals surface area contributed by atoms with Crippen molar-refractivity contribution < 1.29 is 4.74 Å². The molecule has 0 bridgehead atoms. The Morgan fingerprint density at radius 1 is 1.41 bits per heavy atom. The maximum Gasteiger partial charge on any atom is 0.224 e. The van der Waals surface area contributed by atoms with Gasteiger partial charge in [0.25, 0.3) is 0 Å². The van der Waals surface area contributed by atoms with Crippen LogP contribution in [-0.4, -0.2) is 35.3 Å². The minimum atomic E-state index is 0.334. The Labute approximate surface area is 106 Å². The molecule has 1 aromatic heterocycles. The highest BCUT2D eigenvalue weighted by atomic mass is 35.5. The van der Waals surface area contributed by atoms with Gasteiger partial charge in [0.1, 0.15) is 5.82 Å². The normalized spacial score (nSPS) is 28.2. The molecule has 2 fully saturated rings. The van der Waals surface area contributed by atoms with Crippen LogP contribution in [0, 0.1) is 6.92 Å². The molecule has 0 N–H and O–H groups in total. The van der Waals surface area contributed by atoms with E-state index in [1.54, 1.807) is 0 Å². The number of anilines is 1. The number of fused-ring (bicyclic) bond motifs is 1. The summed E-state index contributed by atoms with van der Waals surface area (Å²) < 4.78 is 5.80. The number of aryl methyl sites for hydroxylation is 1. The predicted molar refractivity (Wildman–Crippen MR) is 66.5 cm³/mol. The first kappa shape index (κ1) is 11.2. The van der Waals surface area contributed by atoms with E-state index in [4.69, 9.17) is 16.3 Å². The van der Waals surface area contributed by atoms with Crippen molar-refractivity contribution in [3.8, 4) is 0 Å². The summed E-state index contributed by atoms with van der Waals surface area (Å²) in [5, 5.41) is 0.334. The second-order valence-electron chi connectivity index (χ2n) is 4.74. The van der Waals surface area contributed by atoms with Gasteiger partial charge in [0.2, 0.25) is 5.28 Å². The quantitative estimate of drug-likeness (QED) is 0.720. The van der Waals surface area contributed by atoms with Gasteiger partial charge in [-0.15, -0.1) is 0 Å². The lowest BCUT2D eigenvalue weighted by atomic mass is 10.1. The van der Waals surface area contributed by atoms with E-state index >= 15 is 0 Å². The molecule has 0 spiro atoms. The molecule has 0 radical (unpaired) electrons. The minimum Gasteiger partial charge on any atom is -0.374 e. The van der Waals surface area contributed by atoms with E-state index in [2.05, 4.69) is 14.9 Å². The molecule has 0 aromatic carbocycles. The van der Waals surface area contributed by atoms with Gasteiger partial charge < -0.3 is 9.64 Å². The van der Waals surface area contributed by atoms with Gasteiger partial charge in [-0.3, -0.25) is 0 Å². The summed E-state index contributed by atoms with van der Waals surface area (Å²) in [5.41, 5.74) is 0.918. The molecule has 5 heteroatoms. The van der Waals surface area contributed by atoms with Crippen LogP contribution in [0.1, 0.15) is 25.0 Å². The van der Waals surface area contributed by atoms with Crippen molar-refractivity contribution in [1.29, 1.82) is 0 Å². The fourth-order valence-corrected chi connectivity index (χ4v) is 3.09. The number of rotatable bonds is 1. The summed E-state index contributed by atoms with van der Waals surface area (Å²) in [6.45, 7) is 3.62. The third kappa shape index (κ3) is 2.11. The van der Waals surface area contributed by atoms with E-state index in [0.29, 0.717) is 17.4 Å². The molecule has 2 atom stereocenters. The summed E-state index contributed by atoms with van der Waals surface area (Å²) in [7, 11) is 0. The van der Waals surface area contributed by atoms with Crippen LogP contribution in [0.3, 0.4) is 0 Å². The molecular formula is C12H16ClN3O. The van der Waals surface area contributed by atoms with Gasteiger partial charge in [0.15, 0.2) is 0 Å². The number of halogens is 1. The highest BCUT2D eigenvalue weighted by Crippen LogP contribution is 2.32. The highest BCUT2D eigenvalue weighted by molar-refractivity contribution is 6.28. The summed E-state index contributed by atoms with van der Waals surface area (Å²) in [5.74, 6) is 0.947. The molecule has 0 amide bonds.